The molecule has 94 valence electrons. The van der Waals surface area contributed by atoms with E-state index in [0.29, 0.717) is 0 Å². The van der Waals surface area contributed by atoms with Gasteiger partial charge in [-0.2, -0.15) is 0 Å². The number of carbonyl (C=O) groups excluding carboxylic acids is 1. The van der Waals surface area contributed by atoms with E-state index in [1.807, 2.05) is 60.7 Å². The van der Waals surface area contributed by atoms with Crippen LogP contribution in [-0.4, -0.2) is 6.03 Å². The zero-order valence-corrected chi connectivity index (χ0v) is 14.2. The minimum atomic E-state index is -0.531. The van der Waals surface area contributed by atoms with Gasteiger partial charge in [0.2, 0.25) is 0 Å². The maximum atomic E-state index is 10.9. The molecule has 0 aromatic heterocycles. The SMILES string of the molecule is NC(=O)NSC(c1ccccc1)c1ccccc1.[Zn]. The van der Waals surface area contributed by atoms with Crippen LogP contribution in [0.15, 0.2) is 60.7 Å². The van der Waals surface area contributed by atoms with Gasteiger partial charge >= 0.3 is 6.03 Å². The van der Waals surface area contributed by atoms with Crippen molar-refractivity contribution in [3.8, 4) is 0 Å². The molecule has 3 N–H and O–H groups in total. The summed E-state index contributed by atoms with van der Waals surface area (Å²) in [5.41, 5.74) is 7.38. The van der Waals surface area contributed by atoms with Crippen molar-refractivity contribution in [2.75, 3.05) is 0 Å². The van der Waals surface area contributed by atoms with E-state index in [9.17, 15) is 4.79 Å². The van der Waals surface area contributed by atoms with Crippen molar-refractivity contribution in [3.63, 3.8) is 0 Å². The van der Waals surface area contributed by atoms with Gasteiger partial charge in [0, 0.05) is 19.5 Å². The van der Waals surface area contributed by atoms with E-state index in [1.54, 1.807) is 0 Å². The van der Waals surface area contributed by atoms with Crippen LogP contribution in [0.25, 0.3) is 0 Å². The Morgan fingerprint density at radius 1 is 0.947 bits per heavy atom. The van der Waals surface area contributed by atoms with Gasteiger partial charge in [-0.25, -0.2) is 4.79 Å². The van der Waals surface area contributed by atoms with E-state index >= 15 is 0 Å². The van der Waals surface area contributed by atoms with E-state index in [0.717, 1.165) is 11.1 Å². The fourth-order valence-electron chi connectivity index (χ4n) is 1.70. The molecule has 0 saturated carbocycles. The Kier molecular flexibility index (Phi) is 6.61. The summed E-state index contributed by atoms with van der Waals surface area (Å²) in [5.74, 6) is 0. The van der Waals surface area contributed by atoms with Gasteiger partial charge in [0.1, 0.15) is 0 Å². The zero-order valence-electron chi connectivity index (χ0n) is 10.5. The third kappa shape index (κ3) is 4.69. The number of hydrogen-bond donors (Lipinski definition) is 2. The van der Waals surface area contributed by atoms with Crippen molar-refractivity contribution in [2.45, 2.75) is 5.25 Å². The molecule has 3 nitrogen and oxygen atoms in total. The minimum absolute atomic E-state index is 0. The zero-order chi connectivity index (χ0) is 12.8. The molecule has 2 aromatic rings. The van der Waals surface area contributed by atoms with Crippen molar-refractivity contribution in [2.24, 2.45) is 5.73 Å². The summed E-state index contributed by atoms with van der Waals surface area (Å²) in [6.07, 6.45) is 0. The summed E-state index contributed by atoms with van der Waals surface area (Å²) >= 11 is 1.31. The van der Waals surface area contributed by atoms with Crippen molar-refractivity contribution in [1.29, 1.82) is 0 Å². The van der Waals surface area contributed by atoms with E-state index in [-0.39, 0.29) is 24.7 Å². The quantitative estimate of drug-likeness (QED) is 0.671. The summed E-state index contributed by atoms with van der Waals surface area (Å²) in [5, 5.41) is 0.0416. The van der Waals surface area contributed by atoms with Crippen LogP contribution in [0.3, 0.4) is 0 Å². The molecule has 5 heteroatoms. The van der Waals surface area contributed by atoms with Crippen molar-refractivity contribution in [1.82, 2.24) is 4.72 Å². The molecule has 2 amide bonds. The van der Waals surface area contributed by atoms with Crippen LogP contribution >= 0.6 is 11.9 Å². The predicted molar refractivity (Wildman–Crippen MR) is 75.0 cm³/mol. The van der Waals surface area contributed by atoms with E-state index in [2.05, 4.69) is 4.72 Å². The van der Waals surface area contributed by atoms with Gasteiger partial charge in [-0.1, -0.05) is 60.7 Å². The number of nitrogens with two attached hydrogens (primary N) is 1. The van der Waals surface area contributed by atoms with Gasteiger partial charge in [-0.05, 0) is 23.1 Å². The summed E-state index contributed by atoms with van der Waals surface area (Å²) in [7, 11) is 0. The van der Waals surface area contributed by atoms with Crippen molar-refractivity contribution in [3.05, 3.63) is 71.8 Å². The molecule has 0 saturated heterocycles. The molecule has 0 aliphatic heterocycles. The molecule has 0 bridgehead atoms. The first-order valence-corrected chi connectivity index (χ1v) is 6.46. The largest absolute Gasteiger partial charge is 0.351 e. The van der Waals surface area contributed by atoms with Crippen LogP contribution in [0, 0.1) is 0 Å². The van der Waals surface area contributed by atoms with Gasteiger partial charge in [-0.15, -0.1) is 0 Å². The van der Waals surface area contributed by atoms with Gasteiger partial charge in [0.05, 0.1) is 5.25 Å². The van der Waals surface area contributed by atoms with Gasteiger partial charge in [0.25, 0.3) is 0 Å². The average Bonchev–Trinajstić information content (AvgIpc) is 2.41. The molecule has 2 aromatic carbocycles. The summed E-state index contributed by atoms with van der Waals surface area (Å²) in [4.78, 5) is 10.9. The average molecular weight is 324 g/mol. The first-order valence-electron chi connectivity index (χ1n) is 5.58. The normalized spacial score (nSPS) is 9.74. The molecule has 2 rings (SSSR count). The Morgan fingerprint density at radius 2 is 1.37 bits per heavy atom. The number of urea groups is 1. The Balaban J connectivity index is 0.00000180. The number of nitrogens with one attached hydrogen (secondary N) is 1. The van der Waals surface area contributed by atoms with E-state index in [4.69, 9.17) is 5.73 Å². The van der Waals surface area contributed by atoms with E-state index in [1.165, 1.54) is 11.9 Å². The topological polar surface area (TPSA) is 55.1 Å². The van der Waals surface area contributed by atoms with Crippen LogP contribution in [0.2, 0.25) is 0 Å². The summed E-state index contributed by atoms with van der Waals surface area (Å²) in [6, 6.07) is 19.5. The predicted octanol–water partition coefficient (Wildman–Crippen LogP) is 3.09. The smallest absolute Gasteiger partial charge is 0.322 e. The van der Waals surface area contributed by atoms with E-state index < -0.39 is 6.03 Å². The first-order chi connectivity index (χ1) is 8.77. The molecule has 0 fully saturated rings. The Morgan fingerprint density at radius 3 is 1.74 bits per heavy atom. The van der Waals surface area contributed by atoms with Crippen LogP contribution in [0.1, 0.15) is 16.4 Å². The monoisotopic (exact) mass is 322 g/mol. The molecular formula is C14H14N2OSZn. The number of primary amides is 1. The maximum absolute atomic E-state index is 10.9. The number of benzene rings is 2. The molecule has 0 unspecified atom stereocenters. The molecular weight excluding hydrogens is 310 g/mol. The molecule has 0 aliphatic carbocycles. The Bertz CT molecular complexity index is 468. The van der Waals surface area contributed by atoms with Gasteiger partial charge in [0.15, 0.2) is 0 Å². The third-order valence-corrected chi connectivity index (χ3v) is 3.58. The fourth-order valence-corrected chi connectivity index (χ4v) is 2.52. The molecule has 0 atom stereocenters. The third-order valence-electron chi connectivity index (χ3n) is 2.48. The first kappa shape index (κ1) is 15.7. The number of hydrogen-bond acceptors (Lipinski definition) is 2. The Labute approximate surface area is 129 Å². The maximum Gasteiger partial charge on any atom is 0.322 e. The standard InChI is InChI=1S/C14H14N2OS.Zn/c15-14(17)16-18-13(11-7-3-1-4-8-11)12-9-5-2-6-10-12;/h1-10,13H,(H3,15,16,17);. The van der Waals surface area contributed by atoms with Crippen molar-refractivity contribution < 1.29 is 24.3 Å². The van der Waals surface area contributed by atoms with Crippen LogP contribution < -0.4 is 10.5 Å². The van der Waals surface area contributed by atoms with Crippen LogP contribution in [-0.2, 0) is 19.5 Å². The summed E-state index contributed by atoms with van der Waals surface area (Å²) < 4.78 is 2.60. The molecule has 0 spiro atoms. The molecule has 0 aliphatic rings. The Hall–Kier alpha value is -1.32. The molecule has 19 heavy (non-hydrogen) atoms. The van der Waals surface area contributed by atoms with Crippen LogP contribution in [0.5, 0.6) is 0 Å². The number of carbonyl (C=O) groups is 1. The second-order valence-electron chi connectivity index (χ2n) is 3.79. The second kappa shape index (κ2) is 7.98. The van der Waals surface area contributed by atoms with Gasteiger partial charge < -0.3 is 5.73 Å². The molecule has 0 heterocycles. The second-order valence-corrected chi connectivity index (χ2v) is 4.70. The van der Waals surface area contributed by atoms with Crippen molar-refractivity contribution >= 4 is 18.0 Å². The fraction of sp³-hybridized carbons (Fsp3) is 0.0714. The van der Waals surface area contributed by atoms with Crippen LogP contribution in [0.4, 0.5) is 4.79 Å². The number of amides is 2. The number of rotatable bonds is 4. The minimum Gasteiger partial charge on any atom is -0.351 e. The summed E-state index contributed by atoms with van der Waals surface area (Å²) in [6.45, 7) is 0. The molecule has 0 radical (unpaired) electrons. The van der Waals surface area contributed by atoms with Gasteiger partial charge in [-0.3, -0.25) is 4.72 Å².